The molecule has 1 aliphatic rings. The van der Waals surface area contributed by atoms with Crippen molar-refractivity contribution in [1.82, 2.24) is 4.90 Å². The summed E-state index contributed by atoms with van der Waals surface area (Å²) in [5.41, 5.74) is 1.09. The molecule has 3 rings (SSSR count). The number of nitro groups is 1. The molecule has 0 bridgehead atoms. The standard InChI is InChI=1S/C19H23N3O5S/c1-27-17-8-4-3-6-15(17)14-20-10-12-21(13-11-20)16-7-5-9-18(28(2,25)26)19(16)22(23)24/h3-9H,10-14H2,1-2H3. The van der Waals surface area contributed by atoms with Gasteiger partial charge in [0.15, 0.2) is 9.84 Å². The molecule has 0 spiro atoms. The van der Waals surface area contributed by atoms with Crippen molar-refractivity contribution in [3.63, 3.8) is 0 Å². The van der Waals surface area contributed by atoms with Crippen molar-refractivity contribution in [2.24, 2.45) is 0 Å². The zero-order valence-corrected chi connectivity index (χ0v) is 16.7. The highest BCUT2D eigenvalue weighted by Gasteiger charge is 2.30. The molecule has 0 aromatic heterocycles. The van der Waals surface area contributed by atoms with Crippen molar-refractivity contribution in [3.8, 4) is 5.75 Å². The van der Waals surface area contributed by atoms with Crippen molar-refractivity contribution < 1.29 is 18.1 Å². The molecule has 0 atom stereocenters. The lowest BCUT2D eigenvalue weighted by Crippen LogP contribution is -2.46. The summed E-state index contributed by atoms with van der Waals surface area (Å²) >= 11 is 0. The van der Waals surface area contributed by atoms with Crippen LogP contribution in [0.15, 0.2) is 47.4 Å². The van der Waals surface area contributed by atoms with Crippen LogP contribution >= 0.6 is 0 Å². The van der Waals surface area contributed by atoms with E-state index in [0.29, 0.717) is 31.9 Å². The van der Waals surface area contributed by atoms with Crippen LogP contribution in [0.2, 0.25) is 0 Å². The first-order chi connectivity index (χ1) is 13.3. The van der Waals surface area contributed by atoms with Crippen LogP contribution in [0.25, 0.3) is 0 Å². The minimum absolute atomic E-state index is 0.244. The van der Waals surface area contributed by atoms with E-state index in [0.717, 1.165) is 24.1 Å². The molecule has 2 aromatic rings. The first kappa shape index (κ1) is 20.1. The zero-order chi connectivity index (χ0) is 20.3. The van der Waals surface area contributed by atoms with Gasteiger partial charge in [0.05, 0.1) is 12.0 Å². The van der Waals surface area contributed by atoms with Gasteiger partial charge in [-0.15, -0.1) is 0 Å². The molecule has 1 aliphatic heterocycles. The number of anilines is 1. The lowest BCUT2D eigenvalue weighted by atomic mass is 10.1. The summed E-state index contributed by atoms with van der Waals surface area (Å²) in [6, 6.07) is 12.3. The summed E-state index contributed by atoms with van der Waals surface area (Å²) in [4.78, 5) is 14.9. The van der Waals surface area contributed by atoms with Crippen LogP contribution in [0.4, 0.5) is 11.4 Å². The topological polar surface area (TPSA) is 93.0 Å². The first-order valence-electron chi connectivity index (χ1n) is 8.88. The maximum Gasteiger partial charge on any atom is 0.311 e. The molecule has 1 saturated heterocycles. The molecule has 0 saturated carbocycles. The van der Waals surface area contributed by atoms with E-state index in [1.54, 1.807) is 19.2 Å². The van der Waals surface area contributed by atoms with Crippen LogP contribution in [0.3, 0.4) is 0 Å². The van der Waals surface area contributed by atoms with Gasteiger partial charge in [0.2, 0.25) is 0 Å². The summed E-state index contributed by atoms with van der Waals surface area (Å²) in [7, 11) is -2.05. The average molecular weight is 405 g/mol. The van der Waals surface area contributed by atoms with E-state index in [1.807, 2.05) is 29.2 Å². The fourth-order valence-electron chi connectivity index (χ4n) is 3.47. The average Bonchev–Trinajstić information content (AvgIpc) is 2.67. The summed E-state index contributed by atoms with van der Waals surface area (Å²) in [5, 5.41) is 11.6. The van der Waals surface area contributed by atoms with Crippen LogP contribution in [-0.4, -0.2) is 57.8 Å². The predicted molar refractivity (Wildman–Crippen MR) is 107 cm³/mol. The number of benzene rings is 2. The van der Waals surface area contributed by atoms with E-state index < -0.39 is 14.8 Å². The summed E-state index contributed by atoms with van der Waals surface area (Å²) in [6.07, 6.45) is 0.990. The smallest absolute Gasteiger partial charge is 0.311 e. The third-order valence-electron chi connectivity index (χ3n) is 4.86. The molecular formula is C19H23N3O5S. The van der Waals surface area contributed by atoms with E-state index in [1.165, 1.54) is 6.07 Å². The second-order valence-corrected chi connectivity index (χ2v) is 8.71. The Balaban J connectivity index is 1.78. The summed E-state index contributed by atoms with van der Waals surface area (Å²) < 4.78 is 29.3. The van der Waals surface area contributed by atoms with E-state index in [2.05, 4.69) is 4.90 Å². The van der Waals surface area contributed by atoms with Crippen LogP contribution < -0.4 is 9.64 Å². The number of nitrogens with zero attached hydrogens (tertiary/aromatic N) is 3. The second-order valence-electron chi connectivity index (χ2n) is 6.73. The maximum absolute atomic E-state index is 12.0. The Labute approximate surface area is 164 Å². The van der Waals surface area contributed by atoms with Gasteiger partial charge in [-0.25, -0.2) is 8.42 Å². The Kier molecular flexibility index (Phi) is 5.85. The largest absolute Gasteiger partial charge is 0.496 e. The molecule has 150 valence electrons. The third kappa shape index (κ3) is 4.26. The van der Waals surface area contributed by atoms with Gasteiger partial charge in [-0.3, -0.25) is 15.0 Å². The predicted octanol–water partition coefficient (Wildman–Crippen LogP) is 2.33. The van der Waals surface area contributed by atoms with Gasteiger partial charge in [-0.1, -0.05) is 24.3 Å². The van der Waals surface area contributed by atoms with Crippen molar-refractivity contribution in [1.29, 1.82) is 0 Å². The Bertz CT molecular complexity index is 969. The van der Waals surface area contributed by atoms with Gasteiger partial charge < -0.3 is 9.64 Å². The number of para-hydroxylation sites is 2. The van der Waals surface area contributed by atoms with E-state index >= 15 is 0 Å². The molecule has 28 heavy (non-hydrogen) atoms. The Morgan fingerprint density at radius 3 is 2.36 bits per heavy atom. The molecule has 0 aliphatic carbocycles. The molecule has 0 N–H and O–H groups in total. The van der Waals surface area contributed by atoms with Crippen LogP contribution in [-0.2, 0) is 16.4 Å². The minimum Gasteiger partial charge on any atom is -0.496 e. The Hall–Kier alpha value is -2.65. The van der Waals surface area contributed by atoms with Crippen LogP contribution in [0.5, 0.6) is 5.75 Å². The second kappa shape index (κ2) is 8.15. The van der Waals surface area contributed by atoms with Gasteiger partial charge in [0, 0.05) is 44.5 Å². The summed E-state index contributed by atoms with van der Waals surface area (Å²) in [6.45, 7) is 3.28. The van der Waals surface area contributed by atoms with Gasteiger partial charge >= 0.3 is 5.69 Å². The van der Waals surface area contributed by atoms with Crippen molar-refractivity contribution in [2.45, 2.75) is 11.4 Å². The number of rotatable bonds is 6. The van der Waals surface area contributed by atoms with E-state index in [9.17, 15) is 18.5 Å². The van der Waals surface area contributed by atoms with E-state index in [-0.39, 0.29) is 10.6 Å². The molecule has 1 heterocycles. The monoisotopic (exact) mass is 405 g/mol. The normalized spacial score (nSPS) is 15.4. The molecule has 8 nitrogen and oxygen atoms in total. The van der Waals surface area contributed by atoms with Gasteiger partial charge in [-0.05, 0) is 18.2 Å². The minimum atomic E-state index is -3.69. The number of methoxy groups -OCH3 is 1. The highest BCUT2D eigenvalue weighted by molar-refractivity contribution is 7.90. The third-order valence-corrected chi connectivity index (χ3v) is 5.99. The van der Waals surface area contributed by atoms with Gasteiger partial charge in [0.25, 0.3) is 0 Å². The van der Waals surface area contributed by atoms with Crippen molar-refractivity contribution in [2.75, 3.05) is 44.4 Å². The van der Waals surface area contributed by atoms with Gasteiger partial charge in [0.1, 0.15) is 16.3 Å². The number of hydrogen-bond acceptors (Lipinski definition) is 7. The number of piperazine rings is 1. The van der Waals surface area contributed by atoms with Crippen molar-refractivity contribution in [3.05, 3.63) is 58.1 Å². The fraction of sp³-hybridized carbons (Fsp3) is 0.368. The molecule has 0 radical (unpaired) electrons. The number of ether oxygens (including phenoxy) is 1. The number of nitro benzene ring substituents is 1. The SMILES string of the molecule is COc1ccccc1CN1CCN(c2cccc(S(C)(=O)=O)c2[N+](=O)[O-])CC1. The van der Waals surface area contributed by atoms with Crippen LogP contribution in [0.1, 0.15) is 5.56 Å². The van der Waals surface area contributed by atoms with Gasteiger partial charge in [-0.2, -0.15) is 0 Å². The quantitative estimate of drug-likeness (QED) is 0.538. The lowest BCUT2D eigenvalue weighted by molar-refractivity contribution is -0.387. The Morgan fingerprint density at radius 1 is 1.07 bits per heavy atom. The van der Waals surface area contributed by atoms with E-state index in [4.69, 9.17) is 4.74 Å². The fourth-order valence-corrected chi connectivity index (χ4v) is 4.33. The van der Waals surface area contributed by atoms with Crippen LogP contribution in [0, 0.1) is 10.1 Å². The maximum atomic E-state index is 12.0. The summed E-state index contributed by atoms with van der Waals surface area (Å²) in [5.74, 6) is 0.835. The molecular weight excluding hydrogens is 382 g/mol. The number of hydrogen-bond donors (Lipinski definition) is 0. The molecule has 2 aromatic carbocycles. The Morgan fingerprint density at radius 2 is 1.75 bits per heavy atom. The first-order valence-corrected chi connectivity index (χ1v) is 10.8. The lowest BCUT2D eigenvalue weighted by Gasteiger charge is -2.36. The molecule has 9 heteroatoms. The zero-order valence-electron chi connectivity index (χ0n) is 15.9. The molecule has 0 amide bonds. The number of sulfone groups is 1. The highest BCUT2D eigenvalue weighted by Crippen LogP contribution is 2.35. The van der Waals surface area contributed by atoms with Crippen molar-refractivity contribution >= 4 is 21.2 Å². The highest BCUT2D eigenvalue weighted by atomic mass is 32.2. The molecule has 1 fully saturated rings. The molecule has 0 unspecified atom stereocenters.